The minimum atomic E-state index is -0.201. The number of amides is 1. The lowest BCUT2D eigenvalue weighted by molar-refractivity contribution is -0.113. The van der Waals surface area contributed by atoms with Crippen LogP contribution in [0.2, 0.25) is 10.0 Å². The molecule has 0 saturated carbocycles. The van der Waals surface area contributed by atoms with Crippen molar-refractivity contribution in [3.05, 3.63) is 82.8 Å². The molecular weight excluding hydrogens is 467 g/mol. The van der Waals surface area contributed by atoms with Crippen LogP contribution in [0.3, 0.4) is 0 Å². The maximum atomic E-state index is 12.5. The molecule has 0 bridgehead atoms. The Bertz CT molecular complexity index is 1240. The van der Waals surface area contributed by atoms with E-state index >= 15 is 0 Å². The van der Waals surface area contributed by atoms with Gasteiger partial charge in [-0.1, -0.05) is 59.2 Å². The summed E-state index contributed by atoms with van der Waals surface area (Å²) in [7, 11) is 1.61. The summed E-state index contributed by atoms with van der Waals surface area (Å²) in [5.74, 6) is 1.19. The number of methoxy groups -OCH3 is 1. The maximum Gasteiger partial charge on any atom is 0.234 e. The van der Waals surface area contributed by atoms with Crippen LogP contribution in [0.25, 0.3) is 17.1 Å². The molecule has 1 N–H and O–H groups in total. The summed E-state index contributed by atoms with van der Waals surface area (Å²) in [6.45, 7) is 0. The van der Waals surface area contributed by atoms with E-state index in [-0.39, 0.29) is 11.7 Å². The first kappa shape index (κ1) is 22.2. The van der Waals surface area contributed by atoms with Crippen molar-refractivity contribution < 1.29 is 9.53 Å². The Balaban J connectivity index is 1.65. The van der Waals surface area contributed by atoms with Gasteiger partial charge in [0, 0.05) is 10.7 Å². The van der Waals surface area contributed by atoms with Gasteiger partial charge in [0.1, 0.15) is 5.75 Å². The highest BCUT2D eigenvalue weighted by Crippen LogP contribution is 2.33. The van der Waals surface area contributed by atoms with E-state index in [1.807, 2.05) is 47.0 Å². The van der Waals surface area contributed by atoms with Crippen LogP contribution in [0, 0.1) is 0 Å². The van der Waals surface area contributed by atoms with Crippen LogP contribution >= 0.6 is 35.0 Å². The first-order valence-corrected chi connectivity index (χ1v) is 11.3. The Hall–Kier alpha value is -3.00. The fourth-order valence-corrected chi connectivity index (χ4v) is 4.13. The summed E-state index contributed by atoms with van der Waals surface area (Å²) in [6.07, 6.45) is 0. The molecule has 0 aliphatic heterocycles. The number of para-hydroxylation sites is 2. The van der Waals surface area contributed by atoms with Gasteiger partial charge in [0.15, 0.2) is 11.0 Å². The standard InChI is InChI=1S/C23H18Cl2N4O2S/c1-31-20-9-5-2-6-17(20)22-27-28-23(29(22)16-12-10-15(24)11-13-16)32-14-21(30)26-19-8-4-3-7-18(19)25/h2-13H,14H2,1H3,(H,26,30). The number of aromatic nitrogens is 3. The fraction of sp³-hybridized carbons (Fsp3) is 0.0870. The number of hydrogen-bond donors (Lipinski definition) is 1. The second-order valence-corrected chi connectivity index (χ2v) is 8.42. The van der Waals surface area contributed by atoms with Gasteiger partial charge in [-0.2, -0.15) is 0 Å². The van der Waals surface area contributed by atoms with Crippen molar-refractivity contribution in [2.24, 2.45) is 0 Å². The first-order valence-electron chi connectivity index (χ1n) is 9.58. The van der Waals surface area contributed by atoms with Gasteiger partial charge in [-0.3, -0.25) is 9.36 Å². The SMILES string of the molecule is COc1ccccc1-c1nnc(SCC(=O)Nc2ccccc2Cl)n1-c1ccc(Cl)cc1. The number of nitrogens with one attached hydrogen (secondary N) is 1. The second-order valence-electron chi connectivity index (χ2n) is 6.63. The molecule has 162 valence electrons. The van der Waals surface area contributed by atoms with Gasteiger partial charge in [0.2, 0.25) is 5.91 Å². The number of carbonyl (C=O) groups is 1. The number of rotatable bonds is 7. The van der Waals surface area contributed by atoms with Gasteiger partial charge in [0.25, 0.3) is 0 Å². The average molecular weight is 485 g/mol. The van der Waals surface area contributed by atoms with Gasteiger partial charge in [-0.25, -0.2) is 0 Å². The lowest BCUT2D eigenvalue weighted by Gasteiger charge is -2.12. The molecule has 6 nitrogen and oxygen atoms in total. The first-order chi connectivity index (χ1) is 15.6. The second kappa shape index (κ2) is 10.1. The third-order valence-corrected chi connectivity index (χ3v) is 6.06. The van der Waals surface area contributed by atoms with Gasteiger partial charge in [-0.05, 0) is 48.5 Å². The summed E-state index contributed by atoms with van der Waals surface area (Å²) < 4.78 is 7.39. The molecule has 0 spiro atoms. The van der Waals surface area contributed by atoms with Gasteiger partial charge in [0.05, 0.1) is 29.1 Å². The molecule has 0 radical (unpaired) electrons. The zero-order valence-corrected chi connectivity index (χ0v) is 19.3. The highest BCUT2D eigenvalue weighted by Gasteiger charge is 2.20. The average Bonchev–Trinajstić information content (AvgIpc) is 3.23. The predicted molar refractivity (Wildman–Crippen MR) is 129 cm³/mol. The zero-order valence-electron chi connectivity index (χ0n) is 17.0. The third kappa shape index (κ3) is 4.91. The minimum Gasteiger partial charge on any atom is -0.496 e. The van der Waals surface area contributed by atoms with Crippen LogP contribution in [0.15, 0.2) is 78.0 Å². The summed E-state index contributed by atoms with van der Waals surface area (Å²) in [5.41, 5.74) is 2.16. The molecule has 0 atom stereocenters. The molecule has 32 heavy (non-hydrogen) atoms. The highest BCUT2D eigenvalue weighted by atomic mass is 35.5. The summed E-state index contributed by atoms with van der Waals surface area (Å²) >= 11 is 13.5. The van der Waals surface area contributed by atoms with E-state index in [0.717, 1.165) is 11.3 Å². The maximum absolute atomic E-state index is 12.5. The van der Waals surface area contributed by atoms with Crippen LogP contribution in [-0.2, 0) is 4.79 Å². The Morgan fingerprint density at radius 3 is 2.47 bits per heavy atom. The molecular formula is C23H18Cl2N4O2S. The van der Waals surface area contributed by atoms with Crippen molar-refractivity contribution in [2.75, 3.05) is 18.2 Å². The molecule has 9 heteroatoms. The topological polar surface area (TPSA) is 69.0 Å². The molecule has 1 heterocycles. The monoisotopic (exact) mass is 484 g/mol. The largest absolute Gasteiger partial charge is 0.496 e. The number of ether oxygens (including phenoxy) is 1. The lowest BCUT2D eigenvalue weighted by Crippen LogP contribution is -2.14. The Morgan fingerprint density at radius 2 is 1.72 bits per heavy atom. The molecule has 4 rings (SSSR count). The molecule has 0 fully saturated rings. The highest BCUT2D eigenvalue weighted by molar-refractivity contribution is 7.99. The minimum absolute atomic E-state index is 0.128. The van der Waals surface area contributed by atoms with Crippen molar-refractivity contribution in [1.29, 1.82) is 0 Å². The van der Waals surface area contributed by atoms with Gasteiger partial charge < -0.3 is 10.1 Å². The number of nitrogens with zero attached hydrogens (tertiary/aromatic N) is 3. The van der Waals surface area contributed by atoms with E-state index in [9.17, 15) is 4.79 Å². The van der Waals surface area contributed by atoms with E-state index in [2.05, 4.69) is 15.5 Å². The quantitative estimate of drug-likeness (QED) is 0.326. The van der Waals surface area contributed by atoms with E-state index in [0.29, 0.717) is 32.5 Å². The van der Waals surface area contributed by atoms with Crippen LogP contribution in [0.4, 0.5) is 5.69 Å². The Morgan fingerprint density at radius 1 is 1.00 bits per heavy atom. The molecule has 1 amide bonds. The number of benzene rings is 3. The van der Waals surface area contributed by atoms with Crippen molar-refractivity contribution in [3.8, 4) is 22.8 Å². The number of halogens is 2. The van der Waals surface area contributed by atoms with Gasteiger partial charge in [-0.15, -0.1) is 10.2 Å². The molecule has 4 aromatic rings. The fourth-order valence-electron chi connectivity index (χ4n) is 3.07. The van der Waals surface area contributed by atoms with E-state index in [4.69, 9.17) is 27.9 Å². The van der Waals surface area contributed by atoms with Gasteiger partial charge >= 0.3 is 0 Å². The molecule has 0 unspecified atom stereocenters. The normalized spacial score (nSPS) is 10.7. The van der Waals surface area contributed by atoms with Crippen molar-refractivity contribution in [2.45, 2.75) is 5.16 Å². The summed E-state index contributed by atoms with van der Waals surface area (Å²) in [4.78, 5) is 12.5. The smallest absolute Gasteiger partial charge is 0.234 e. The Labute approximate surface area is 199 Å². The van der Waals surface area contributed by atoms with E-state index in [1.165, 1.54) is 11.8 Å². The van der Waals surface area contributed by atoms with Crippen molar-refractivity contribution in [3.63, 3.8) is 0 Å². The molecule has 0 aliphatic carbocycles. The number of carbonyl (C=O) groups excluding carboxylic acids is 1. The molecule has 1 aromatic heterocycles. The van der Waals surface area contributed by atoms with E-state index < -0.39 is 0 Å². The molecule has 0 saturated heterocycles. The van der Waals surface area contributed by atoms with Crippen LogP contribution in [0.1, 0.15) is 0 Å². The number of hydrogen-bond acceptors (Lipinski definition) is 5. The predicted octanol–water partition coefficient (Wildman–Crippen LogP) is 5.98. The van der Waals surface area contributed by atoms with Crippen molar-refractivity contribution >= 4 is 46.6 Å². The van der Waals surface area contributed by atoms with E-state index in [1.54, 1.807) is 37.4 Å². The lowest BCUT2D eigenvalue weighted by atomic mass is 10.2. The summed E-state index contributed by atoms with van der Waals surface area (Å²) in [6, 6.07) is 22.0. The number of anilines is 1. The van der Waals surface area contributed by atoms with Crippen LogP contribution in [-0.4, -0.2) is 33.5 Å². The van der Waals surface area contributed by atoms with Crippen molar-refractivity contribution in [1.82, 2.24) is 14.8 Å². The Kier molecular flexibility index (Phi) is 6.99. The third-order valence-electron chi connectivity index (χ3n) is 4.55. The molecule has 3 aromatic carbocycles. The molecule has 0 aliphatic rings. The number of thioether (sulfide) groups is 1. The van der Waals surface area contributed by atoms with Crippen LogP contribution < -0.4 is 10.1 Å². The summed E-state index contributed by atoms with van der Waals surface area (Å²) in [5, 5.41) is 13.2. The van der Waals surface area contributed by atoms with Crippen LogP contribution in [0.5, 0.6) is 5.75 Å². The zero-order chi connectivity index (χ0) is 22.5.